The molecule has 208 valence electrons. The Labute approximate surface area is 217 Å². The second kappa shape index (κ2) is 13.5. The molecule has 4 fully saturated rings. The highest BCUT2D eigenvalue weighted by Crippen LogP contribution is 2.46. The molecule has 2 atom stereocenters. The highest BCUT2D eigenvalue weighted by molar-refractivity contribution is 5.03. The molecule has 5 heteroatoms. The SMILES string of the molecule is CCCCCC1CCC(C2CCC(C3CCC(C4CCC(C(F)=CC(F)(F)F)CC4)OC3)CC2)CC1. The highest BCUT2D eigenvalue weighted by atomic mass is 19.4. The van der Waals surface area contributed by atoms with Crippen LogP contribution in [0.5, 0.6) is 0 Å². The maximum Gasteiger partial charge on any atom is 0.412 e. The number of rotatable bonds is 8. The van der Waals surface area contributed by atoms with E-state index in [1.165, 1.54) is 83.5 Å². The molecule has 1 heterocycles. The van der Waals surface area contributed by atoms with Crippen LogP contribution in [0.2, 0.25) is 0 Å². The summed E-state index contributed by atoms with van der Waals surface area (Å²) in [6.45, 7) is 3.15. The summed E-state index contributed by atoms with van der Waals surface area (Å²) in [5.74, 6) is 3.26. The third kappa shape index (κ3) is 8.21. The molecule has 3 aliphatic carbocycles. The number of halogens is 4. The largest absolute Gasteiger partial charge is 0.412 e. The molecule has 0 aromatic carbocycles. The Morgan fingerprint density at radius 2 is 1.22 bits per heavy atom. The topological polar surface area (TPSA) is 9.23 Å². The monoisotopic (exact) mass is 514 g/mol. The van der Waals surface area contributed by atoms with Gasteiger partial charge >= 0.3 is 6.18 Å². The van der Waals surface area contributed by atoms with Crippen LogP contribution in [-0.4, -0.2) is 18.9 Å². The van der Waals surface area contributed by atoms with Crippen LogP contribution in [0.1, 0.15) is 122 Å². The summed E-state index contributed by atoms with van der Waals surface area (Å²) in [6, 6.07) is 0. The van der Waals surface area contributed by atoms with Gasteiger partial charge in [0.05, 0.1) is 18.8 Å². The minimum absolute atomic E-state index is 0.145. The molecular weight excluding hydrogens is 464 g/mol. The van der Waals surface area contributed by atoms with Gasteiger partial charge < -0.3 is 4.74 Å². The zero-order valence-electron chi connectivity index (χ0n) is 22.6. The molecule has 36 heavy (non-hydrogen) atoms. The smallest absolute Gasteiger partial charge is 0.378 e. The quantitative estimate of drug-likeness (QED) is 0.231. The van der Waals surface area contributed by atoms with E-state index in [4.69, 9.17) is 4.74 Å². The molecule has 0 aromatic rings. The maximum atomic E-state index is 13.9. The number of hydrogen-bond donors (Lipinski definition) is 0. The van der Waals surface area contributed by atoms with Crippen LogP contribution in [0.25, 0.3) is 0 Å². The summed E-state index contributed by atoms with van der Waals surface area (Å²) in [6.07, 6.45) is 17.5. The zero-order chi connectivity index (χ0) is 25.5. The number of ether oxygens (including phenoxy) is 1. The summed E-state index contributed by atoms with van der Waals surface area (Å²) in [4.78, 5) is 0. The van der Waals surface area contributed by atoms with Crippen LogP contribution < -0.4 is 0 Å². The minimum Gasteiger partial charge on any atom is -0.378 e. The van der Waals surface area contributed by atoms with Gasteiger partial charge in [-0.05, 0) is 113 Å². The first kappa shape index (κ1) is 28.4. The Hall–Kier alpha value is -0.580. The molecule has 0 bridgehead atoms. The molecule has 4 aliphatic rings. The fourth-order valence-electron chi connectivity index (χ4n) is 8.30. The van der Waals surface area contributed by atoms with Crippen molar-refractivity contribution < 1.29 is 22.3 Å². The van der Waals surface area contributed by atoms with Crippen molar-refractivity contribution in [2.24, 2.45) is 41.4 Å². The molecular formula is C31H50F4O. The first-order chi connectivity index (χ1) is 17.3. The Balaban J connectivity index is 1.12. The summed E-state index contributed by atoms with van der Waals surface area (Å²) in [7, 11) is 0. The summed E-state index contributed by atoms with van der Waals surface area (Å²) < 4.78 is 57.7. The van der Waals surface area contributed by atoms with Crippen LogP contribution >= 0.6 is 0 Å². The molecule has 2 unspecified atom stereocenters. The van der Waals surface area contributed by atoms with Gasteiger partial charge in [-0.3, -0.25) is 0 Å². The molecule has 0 spiro atoms. The van der Waals surface area contributed by atoms with Gasteiger partial charge in [0.1, 0.15) is 5.83 Å². The van der Waals surface area contributed by atoms with Crippen LogP contribution in [0.15, 0.2) is 11.9 Å². The number of alkyl halides is 3. The maximum absolute atomic E-state index is 13.9. The molecule has 1 nitrogen and oxygen atoms in total. The molecule has 4 rings (SSSR count). The zero-order valence-corrected chi connectivity index (χ0v) is 22.6. The van der Waals surface area contributed by atoms with Crippen LogP contribution in [0.4, 0.5) is 17.6 Å². The van der Waals surface area contributed by atoms with Gasteiger partial charge in [0, 0.05) is 5.92 Å². The van der Waals surface area contributed by atoms with E-state index in [-0.39, 0.29) is 12.2 Å². The lowest BCUT2D eigenvalue weighted by Gasteiger charge is -2.43. The summed E-state index contributed by atoms with van der Waals surface area (Å²) >= 11 is 0. The molecule has 1 aliphatic heterocycles. The van der Waals surface area contributed by atoms with Gasteiger partial charge in [0.25, 0.3) is 0 Å². The molecule has 0 N–H and O–H groups in total. The van der Waals surface area contributed by atoms with Gasteiger partial charge in [-0.2, -0.15) is 13.2 Å². The van der Waals surface area contributed by atoms with Gasteiger partial charge in [-0.15, -0.1) is 0 Å². The summed E-state index contributed by atoms with van der Waals surface area (Å²) in [5, 5.41) is 0. The van der Waals surface area contributed by atoms with Crippen molar-refractivity contribution in [3.05, 3.63) is 11.9 Å². The predicted molar refractivity (Wildman–Crippen MR) is 138 cm³/mol. The molecule has 0 amide bonds. The second-order valence-electron chi connectivity index (χ2n) is 12.8. The Kier molecular flexibility index (Phi) is 10.6. The standard InChI is InChI=1S/C31H50F4O/c1-2-3-4-5-22-6-8-23(9-7-22)24-10-12-25(13-11-24)28-18-19-30(36-21-28)27-16-14-26(15-17-27)29(32)20-31(33,34)35/h20,22-28,30H,2-19,21H2,1H3. The third-order valence-electron chi connectivity index (χ3n) is 10.6. The van der Waals surface area contributed by atoms with E-state index in [9.17, 15) is 17.6 Å². The molecule has 0 aromatic heterocycles. The first-order valence-corrected chi connectivity index (χ1v) is 15.4. The highest BCUT2D eigenvalue weighted by Gasteiger charge is 2.38. The molecule has 3 saturated carbocycles. The lowest BCUT2D eigenvalue weighted by atomic mass is 9.66. The molecule has 0 radical (unpaired) electrons. The first-order valence-electron chi connectivity index (χ1n) is 15.4. The van der Waals surface area contributed by atoms with Gasteiger partial charge in [0.15, 0.2) is 0 Å². The van der Waals surface area contributed by atoms with Gasteiger partial charge in [-0.25, -0.2) is 4.39 Å². The van der Waals surface area contributed by atoms with E-state index in [0.717, 1.165) is 49.5 Å². The number of unbranched alkanes of at least 4 members (excludes halogenated alkanes) is 2. The normalized spacial score (nSPS) is 39.2. The average molecular weight is 515 g/mol. The molecule has 1 saturated heterocycles. The Morgan fingerprint density at radius 3 is 1.75 bits per heavy atom. The van der Waals surface area contributed by atoms with Crippen molar-refractivity contribution >= 4 is 0 Å². The average Bonchev–Trinajstić information content (AvgIpc) is 2.89. The van der Waals surface area contributed by atoms with E-state index in [2.05, 4.69) is 6.92 Å². The van der Waals surface area contributed by atoms with Crippen LogP contribution in [0, 0.1) is 41.4 Å². The Bertz CT molecular complexity index is 657. The van der Waals surface area contributed by atoms with E-state index in [1.807, 2.05) is 0 Å². The predicted octanol–water partition coefficient (Wildman–Crippen LogP) is 10.2. The van der Waals surface area contributed by atoms with Crippen LogP contribution in [0.3, 0.4) is 0 Å². The number of allylic oxidation sites excluding steroid dienone is 2. The van der Waals surface area contributed by atoms with Crippen molar-refractivity contribution in [3.8, 4) is 0 Å². The fourth-order valence-corrected chi connectivity index (χ4v) is 8.30. The van der Waals surface area contributed by atoms with E-state index < -0.39 is 17.9 Å². The minimum atomic E-state index is -4.56. The van der Waals surface area contributed by atoms with Crippen molar-refractivity contribution in [2.45, 2.75) is 135 Å². The van der Waals surface area contributed by atoms with Gasteiger partial charge in [-0.1, -0.05) is 45.4 Å². The lowest BCUT2D eigenvalue weighted by molar-refractivity contribution is -0.0833. The third-order valence-corrected chi connectivity index (χ3v) is 10.6. The van der Waals surface area contributed by atoms with Gasteiger partial charge in [0.2, 0.25) is 0 Å². The van der Waals surface area contributed by atoms with E-state index in [1.54, 1.807) is 0 Å². The van der Waals surface area contributed by atoms with Crippen molar-refractivity contribution in [2.75, 3.05) is 6.61 Å². The van der Waals surface area contributed by atoms with Crippen molar-refractivity contribution in [3.63, 3.8) is 0 Å². The fraction of sp³-hybridized carbons (Fsp3) is 0.935. The second-order valence-corrected chi connectivity index (χ2v) is 12.8. The number of hydrogen-bond acceptors (Lipinski definition) is 1. The van der Waals surface area contributed by atoms with Crippen molar-refractivity contribution in [1.29, 1.82) is 0 Å². The van der Waals surface area contributed by atoms with E-state index >= 15 is 0 Å². The summed E-state index contributed by atoms with van der Waals surface area (Å²) in [5.41, 5.74) is 0. The lowest BCUT2D eigenvalue weighted by Crippen LogP contribution is -2.37. The van der Waals surface area contributed by atoms with E-state index in [0.29, 0.717) is 24.7 Å². The van der Waals surface area contributed by atoms with Crippen molar-refractivity contribution in [1.82, 2.24) is 0 Å². The van der Waals surface area contributed by atoms with Crippen LogP contribution in [-0.2, 0) is 4.74 Å². The Morgan fingerprint density at radius 1 is 0.694 bits per heavy atom.